The van der Waals surface area contributed by atoms with Crippen molar-refractivity contribution in [1.29, 1.82) is 5.41 Å². The quantitative estimate of drug-likeness (QED) is 0.653. The highest BCUT2D eigenvalue weighted by atomic mass is 15.2. The van der Waals surface area contributed by atoms with Crippen molar-refractivity contribution in [2.45, 2.75) is 25.7 Å². The first-order valence-corrected chi connectivity index (χ1v) is 5.17. The van der Waals surface area contributed by atoms with Crippen molar-refractivity contribution in [2.24, 2.45) is 0 Å². The van der Waals surface area contributed by atoms with Crippen molar-refractivity contribution in [3.63, 3.8) is 0 Å². The summed E-state index contributed by atoms with van der Waals surface area (Å²) in [4.78, 5) is 4.44. The number of hydrogen-bond donors (Lipinski definition) is 1. The Hall–Kier alpha value is -0.570. The third-order valence-corrected chi connectivity index (χ3v) is 2.51. The monoisotopic (exact) mass is 183 g/mol. The zero-order chi connectivity index (χ0) is 9.68. The zero-order valence-corrected chi connectivity index (χ0v) is 8.84. The van der Waals surface area contributed by atoms with Crippen LogP contribution in [0.4, 0.5) is 0 Å². The summed E-state index contributed by atoms with van der Waals surface area (Å²) < 4.78 is 0. The molecule has 0 bridgehead atoms. The number of rotatable bonds is 5. The van der Waals surface area contributed by atoms with Gasteiger partial charge in [0, 0.05) is 19.5 Å². The zero-order valence-electron chi connectivity index (χ0n) is 8.84. The van der Waals surface area contributed by atoms with Gasteiger partial charge in [-0.1, -0.05) is 0 Å². The smallest absolute Gasteiger partial charge is 0.0958 e. The highest BCUT2D eigenvalue weighted by Crippen LogP contribution is 2.10. The number of unbranched alkanes of at least 4 members (excludes halogenated alkanes) is 1. The summed E-state index contributed by atoms with van der Waals surface area (Å²) in [6, 6.07) is 0. The van der Waals surface area contributed by atoms with Crippen LogP contribution in [0.25, 0.3) is 0 Å². The summed E-state index contributed by atoms with van der Waals surface area (Å²) in [6.45, 7) is 3.37. The van der Waals surface area contributed by atoms with Crippen molar-refractivity contribution in [2.75, 3.05) is 33.7 Å². The molecule has 0 atom stereocenters. The van der Waals surface area contributed by atoms with Crippen molar-refractivity contribution in [3.8, 4) is 0 Å². The van der Waals surface area contributed by atoms with Gasteiger partial charge in [0.05, 0.1) is 5.84 Å². The SMILES string of the molecule is CN(C)CCCCN1CCCC1=N. The Morgan fingerprint density at radius 3 is 2.69 bits per heavy atom. The van der Waals surface area contributed by atoms with E-state index in [0.29, 0.717) is 0 Å². The molecule has 0 spiro atoms. The number of likely N-dealkylation sites (tertiary alicyclic amines) is 1. The average Bonchev–Trinajstić information content (AvgIpc) is 2.45. The Kier molecular flexibility index (Phi) is 4.22. The van der Waals surface area contributed by atoms with Crippen LogP contribution in [0.2, 0.25) is 0 Å². The third kappa shape index (κ3) is 3.77. The van der Waals surface area contributed by atoms with Crippen LogP contribution in [0.5, 0.6) is 0 Å². The number of nitrogens with zero attached hydrogens (tertiary/aromatic N) is 2. The molecular weight excluding hydrogens is 162 g/mol. The number of amidine groups is 1. The first kappa shape index (κ1) is 10.5. The van der Waals surface area contributed by atoms with Crippen molar-refractivity contribution in [3.05, 3.63) is 0 Å². The van der Waals surface area contributed by atoms with E-state index in [0.717, 1.165) is 25.3 Å². The second kappa shape index (κ2) is 5.22. The van der Waals surface area contributed by atoms with E-state index in [4.69, 9.17) is 5.41 Å². The van der Waals surface area contributed by atoms with Crippen molar-refractivity contribution >= 4 is 5.84 Å². The molecule has 1 aliphatic heterocycles. The van der Waals surface area contributed by atoms with Gasteiger partial charge in [0.2, 0.25) is 0 Å². The molecule has 76 valence electrons. The third-order valence-electron chi connectivity index (χ3n) is 2.51. The molecule has 1 heterocycles. The lowest BCUT2D eigenvalue weighted by Crippen LogP contribution is -2.25. The largest absolute Gasteiger partial charge is 0.361 e. The molecule has 1 fully saturated rings. The standard InChI is InChI=1S/C10H21N3/c1-12(2)7-3-4-8-13-9-5-6-10(13)11/h11H,3-9H2,1-2H3. The van der Waals surface area contributed by atoms with Crippen LogP contribution in [0.15, 0.2) is 0 Å². The predicted molar refractivity (Wildman–Crippen MR) is 56.3 cm³/mol. The van der Waals surface area contributed by atoms with Crippen molar-refractivity contribution in [1.82, 2.24) is 9.80 Å². The second-order valence-corrected chi connectivity index (χ2v) is 4.05. The predicted octanol–water partition coefficient (Wildman–Crippen LogP) is 1.40. The molecule has 0 saturated carbocycles. The highest BCUT2D eigenvalue weighted by Gasteiger charge is 2.15. The van der Waals surface area contributed by atoms with Crippen LogP contribution in [0.1, 0.15) is 25.7 Å². The molecule has 1 rings (SSSR count). The lowest BCUT2D eigenvalue weighted by Gasteiger charge is -2.18. The maximum Gasteiger partial charge on any atom is 0.0958 e. The molecule has 1 aliphatic rings. The molecule has 1 saturated heterocycles. The minimum Gasteiger partial charge on any atom is -0.361 e. The summed E-state index contributed by atoms with van der Waals surface area (Å²) >= 11 is 0. The Bertz CT molecular complexity index is 166. The first-order valence-electron chi connectivity index (χ1n) is 5.17. The molecule has 0 radical (unpaired) electrons. The van der Waals surface area contributed by atoms with Gasteiger partial charge in [0.1, 0.15) is 0 Å². The van der Waals surface area contributed by atoms with Crippen LogP contribution >= 0.6 is 0 Å². The molecule has 0 aromatic heterocycles. The average molecular weight is 183 g/mol. The van der Waals surface area contributed by atoms with E-state index in [9.17, 15) is 0 Å². The lowest BCUT2D eigenvalue weighted by molar-refractivity contribution is 0.369. The van der Waals surface area contributed by atoms with Gasteiger partial charge in [-0.25, -0.2) is 0 Å². The van der Waals surface area contributed by atoms with Gasteiger partial charge >= 0.3 is 0 Å². The maximum absolute atomic E-state index is 7.64. The van der Waals surface area contributed by atoms with E-state index < -0.39 is 0 Å². The maximum atomic E-state index is 7.64. The number of hydrogen-bond acceptors (Lipinski definition) is 2. The van der Waals surface area contributed by atoms with Gasteiger partial charge < -0.3 is 9.80 Å². The minimum atomic E-state index is 0.852. The molecular formula is C10H21N3. The molecule has 0 aromatic rings. The molecule has 13 heavy (non-hydrogen) atoms. The van der Waals surface area contributed by atoms with Crippen LogP contribution in [-0.4, -0.2) is 49.4 Å². The Balaban J connectivity index is 2.02. The summed E-state index contributed by atoms with van der Waals surface area (Å²) in [7, 11) is 4.22. The Morgan fingerprint density at radius 1 is 1.38 bits per heavy atom. The molecule has 3 nitrogen and oxygen atoms in total. The summed E-state index contributed by atoms with van der Waals surface area (Å²) in [5.74, 6) is 0.852. The van der Waals surface area contributed by atoms with E-state index >= 15 is 0 Å². The van der Waals surface area contributed by atoms with E-state index in [1.54, 1.807) is 0 Å². The summed E-state index contributed by atoms with van der Waals surface area (Å²) in [5.41, 5.74) is 0. The van der Waals surface area contributed by atoms with E-state index in [-0.39, 0.29) is 0 Å². The molecule has 0 unspecified atom stereocenters. The van der Waals surface area contributed by atoms with Crippen LogP contribution < -0.4 is 0 Å². The van der Waals surface area contributed by atoms with E-state index in [1.165, 1.54) is 25.8 Å². The van der Waals surface area contributed by atoms with Gasteiger partial charge in [-0.3, -0.25) is 5.41 Å². The molecule has 0 aliphatic carbocycles. The summed E-state index contributed by atoms with van der Waals surface area (Å²) in [5, 5.41) is 7.64. The first-order chi connectivity index (χ1) is 6.20. The number of nitrogens with one attached hydrogen (secondary N) is 1. The lowest BCUT2D eigenvalue weighted by atomic mass is 10.3. The Labute approximate surface area is 81.2 Å². The normalized spacial score (nSPS) is 17.5. The van der Waals surface area contributed by atoms with Gasteiger partial charge in [-0.2, -0.15) is 0 Å². The van der Waals surface area contributed by atoms with Gasteiger partial charge in [0.25, 0.3) is 0 Å². The molecule has 3 heteroatoms. The van der Waals surface area contributed by atoms with E-state index in [2.05, 4.69) is 23.9 Å². The van der Waals surface area contributed by atoms with Gasteiger partial charge in [-0.15, -0.1) is 0 Å². The molecule has 0 aromatic carbocycles. The Morgan fingerprint density at radius 2 is 2.15 bits per heavy atom. The fraction of sp³-hybridized carbons (Fsp3) is 0.900. The fourth-order valence-electron chi connectivity index (χ4n) is 1.71. The molecule has 1 N–H and O–H groups in total. The van der Waals surface area contributed by atoms with Crippen LogP contribution in [0.3, 0.4) is 0 Å². The highest BCUT2D eigenvalue weighted by molar-refractivity contribution is 5.80. The van der Waals surface area contributed by atoms with Crippen molar-refractivity contribution < 1.29 is 0 Å². The second-order valence-electron chi connectivity index (χ2n) is 4.05. The van der Waals surface area contributed by atoms with Gasteiger partial charge in [0.15, 0.2) is 0 Å². The topological polar surface area (TPSA) is 30.3 Å². The van der Waals surface area contributed by atoms with E-state index in [1.807, 2.05) is 0 Å². The van der Waals surface area contributed by atoms with Crippen LogP contribution in [0, 0.1) is 5.41 Å². The van der Waals surface area contributed by atoms with Crippen LogP contribution in [-0.2, 0) is 0 Å². The van der Waals surface area contributed by atoms with Gasteiger partial charge in [-0.05, 0) is 39.9 Å². The molecule has 0 amide bonds. The summed E-state index contributed by atoms with van der Waals surface area (Å²) in [6.07, 6.45) is 4.65. The fourth-order valence-corrected chi connectivity index (χ4v) is 1.71. The minimum absolute atomic E-state index is 0.852.